The van der Waals surface area contributed by atoms with Gasteiger partial charge in [-0.2, -0.15) is 0 Å². The van der Waals surface area contributed by atoms with Gasteiger partial charge in [0.1, 0.15) is 0 Å². The van der Waals surface area contributed by atoms with Gasteiger partial charge in [-0.25, -0.2) is 0 Å². The molecule has 0 heterocycles. The fourth-order valence-electron chi connectivity index (χ4n) is 9.09. The van der Waals surface area contributed by atoms with Gasteiger partial charge in [0.15, 0.2) is 0 Å². The van der Waals surface area contributed by atoms with E-state index in [0.717, 1.165) is 48.5 Å². The van der Waals surface area contributed by atoms with Crippen LogP contribution in [0.25, 0.3) is 0 Å². The molecule has 0 bridgehead atoms. The predicted molar refractivity (Wildman–Crippen MR) is 130 cm³/mol. The zero-order valence-electron chi connectivity index (χ0n) is 19.4. The number of hydrogen-bond donors (Lipinski definition) is 0. The molecular weight excluding hydrogens is 392 g/mol. The van der Waals surface area contributed by atoms with Crippen LogP contribution < -0.4 is 0 Å². The fourth-order valence-corrected chi connectivity index (χ4v) is 9.38. The summed E-state index contributed by atoms with van der Waals surface area (Å²) < 4.78 is 6.37. The van der Waals surface area contributed by atoms with Gasteiger partial charge in [-0.05, 0) is 129 Å². The molecule has 4 saturated carbocycles. The fraction of sp³-hybridized carbons (Fsp3) is 0.962. The van der Waals surface area contributed by atoms with Crippen molar-refractivity contribution in [2.45, 2.75) is 97.8 Å². The van der Waals surface area contributed by atoms with E-state index in [1.54, 1.807) is 18.2 Å². The van der Waals surface area contributed by atoms with Crippen LogP contribution in [0.4, 0.5) is 0 Å². The largest absolute Gasteiger partial charge is 0.479 e. The molecular formula is C26H44OS2. The van der Waals surface area contributed by atoms with E-state index >= 15 is 0 Å². The first kappa shape index (κ1) is 22.4. The summed E-state index contributed by atoms with van der Waals surface area (Å²) in [6, 6.07) is 0. The Kier molecular flexibility index (Phi) is 6.97. The summed E-state index contributed by atoms with van der Waals surface area (Å²) in [6.45, 7) is 8.76. The third-order valence-corrected chi connectivity index (χ3v) is 11.6. The maximum absolute atomic E-state index is 5.66. The summed E-state index contributed by atoms with van der Waals surface area (Å²) in [5.74, 6) is 5.88. The van der Waals surface area contributed by atoms with Gasteiger partial charge in [0.25, 0.3) is 0 Å². The van der Waals surface area contributed by atoms with Gasteiger partial charge in [0.2, 0.25) is 4.38 Å². The van der Waals surface area contributed by atoms with Crippen LogP contribution in [-0.4, -0.2) is 17.2 Å². The Bertz CT molecular complexity index is 591. The van der Waals surface area contributed by atoms with Crippen molar-refractivity contribution in [1.82, 2.24) is 0 Å². The number of thioether (sulfide) groups is 1. The second kappa shape index (κ2) is 9.00. The van der Waals surface area contributed by atoms with Crippen molar-refractivity contribution >= 4 is 28.4 Å². The molecule has 4 aliphatic carbocycles. The van der Waals surface area contributed by atoms with Crippen LogP contribution >= 0.6 is 24.0 Å². The Labute approximate surface area is 189 Å². The van der Waals surface area contributed by atoms with E-state index in [9.17, 15) is 0 Å². The van der Waals surface area contributed by atoms with Crippen LogP contribution in [0.3, 0.4) is 0 Å². The Morgan fingerprint density at radius 3 is 2.59 bits per heavy atom. The lowest BCUT2D eigenvalue weighted by Crippen LogP contribution is -2.53. The molecule has 0 aromatic rings. The topological polar surface area (TPSA) is 9.23 Å². The Hall–Kier alpha value is 0.240. The van der Waals surface area contributed by atoms with Crippen molar-refractivity contribution in [3.05, 3.63) is 0 Å². The molecule has 0 amide bonds. The highest BCUT2D eigenvalue weighted by Crippen LogP contribution is 2.68. The zero-order chi connectivity index (χ0) is 20.6. The summed E-state index contributed by atoms with van der Waals surface area (Å²) in [5.41, 5.74) is 1.28. The molecule has 0 radical (unpaired) electrons. The van der Waals surface area contributed by atoms with E-state index in [1.807, 2.05) is 6.26 Å². The maximum Gasteiger partial charge on any atom is 0.219 e. The van der Waals surface area contributed by atoms with Gasteiger partial charge in [0, 0.05) is 0 Å². The molecule has 4 aliphatic rings. The number of hydrogen-bond acceptors (Lipinski definition) is 3. The van der Waals surface area contributed by atoms with Crippen molar-refractivity contribution in [2.75, 3.05) is 12.9 Å². The Morgan fingerprint density at radius 1 is 1.00 bits per heavy atom. The SMILES string of the molecule is CSC(=S)OCCC[C@H](C)[C@H]1CC[C@H]2[C@@H]3CC[C@H]4CCCC[C@]4(C)[C@H]3CC[C@]12C. The Morgan fingerprint density at radius 2 is 1.79 bits per heavy atom. The second-order valence-electron chi connectivity index (χ2n) is 11.6. The van der Waals surface area contributed by atoms with Crippen molar-refractivity contribution < 1.29 is 4.74 Å². The molecule has 166 valence electrons. The van der Waals surface area contributed by atoms with Gasteiger partial charge in [-0.15, -0.1) is 0 Å². The molecule has 0 aromatic carbocycles. The standard InChI is InChI=1S/C26H44OS2/c1-18(8-7-17-27-24(28)29-4)21-12-13-22-20-11-10-19-9-5-6-15-25(19,2)23(20)14-16-26(21,22)3/h18-23H,5-17H2,1-4H3/t18-,19+,20-,21+,22-,23-,25-,26+/m0/s1. The second-order valence-corrected chi connectivity index (χ2v) is 13.0. The number of rotatable bonds is 5. The van der Waals surface area contributed by atoms with Crippen LogP contribution in [0.15, 0.2) is 0 Å². The summed E-state index contributed by atoms with van der Waals surface area (Å²) in [6.07, 6.45) is 19.6. The molecule has 4 fully saturated rings. The minimum Gasteiger partial charge on any atom is -0.479 e. The lowest BCUT2D eigenvalue weighted by atomic mass is 9.44. The summed E-state index contributed by atoms with van der Waals surface area (Å²) in [4.78, 5) is 0. The van der Waals surface area contributed by atoms with Crippen LogP contribution in [0, 0.1) is 46.3 Å². The molecule has 8 atom stereocenters. The summed E-state index contributed by atoms with van der Waals surface area (Å²) in [7, 11) is 0. The molecule has 29 heavy (non-hydrogen) atoms. The number of ether oxygens (including phenoxy) is 1. The number of thiocarbonyl (C=S) groups is 1. The van der Waals surface area contributed by atoms with E-state index in [-0.39, 0.29) is 0 Å². The van der Waals surface area contributed by atoms with Crippen molar-refractivity contribution in [3.63, 3.8) is 0 Å². The molecule has 4 rings (SSSR count). The average Bonchev–Trinajstić information content (AvgIpc) is 3.07. The number of fused-ring (bicyclic) bond motifs is 5. The van der Waals surface area contributed by atoms with Gasteiger partial charge in [-0.1, -0.05) is 45.4 Å². The monoisotopic (exact) mass is 436 g/mol. The van der Waals surface area contributed by atoms with E-state index in [4.69, 9.17) is 17.0 Å². The van der Waals surface area contributed by atoms with Gasteiger partial charge in [0.05, 0.1) is 6.61 Å². The molecule has 0 unspecified atom stereocenters. The summed E-state index contributed by atoms with van der Waals surface area (Å²) >= 11 is 6.73. The first-order valence-electron chi connectivity index (χ1n) is 12.6. The normalized spacial score (nSPS) is 45.0. The van der Waals surface area contributed by atoms with Crippen LogP contribution in [-0.2, 0) is 4.74 Å². The highest BCUT2D eigenvalue weighted by atomic mass is 32.2. The van der Waals surface area contributed by atoms with Gasteiger partial charge in [-0.3, -0.25) is 0 Å². The van der Waals surface area contributed by atoms with Crippen LogP contribution in [0.5, 0.6) is 0 Å². The summed E-state index contributed by atoms with van der Waals surface area (Å²) in [5, 5.41) is 0. The molecule has 0 spiro atoms. The third kappa shape index (κ3) is 4.06. The minimum atomic E-state index is 0.605. The highest BCUT2D eigenvalue weighted by molar-refractivity contribution is 8.22. The average molecular weight is 437 g/mol. The van der Waals surface area contributed by atoms with E-state index in [0.29, 0.717) is 15.2 Å². The highest BCUT2D eigenvalue weighted by Gasteiger charge is 2.59. The van der Waals surface area contributed by atoms with Crippen LogP contribution in [0.1, 0.15) is 97.8 Å². The van der Waals surface area contributed by atoms with Crippen LogP contribution in [0.2, 0.25) is 0 Å². The predicted octanol–water partition coefficient (Wildman–Crippen LogP) is 8.12. The smallest absolute Gasteiger partial charge is 0.219 e. The zero-order valence-corrected chi connectivity index (χ0v) is 21.0. The first-order valence-corrected chi connectivity index (χ1v) is 14.2. The molecule has 0 aromatic heterocycles. The quantitative estimate of drug-likeness (QED) is 0.318. The molecule has 0 saturated heterocycles. The van der Waals surface area contributed by atoms with Gasteiger partial charge < -0.3 is 4.74 Å². The Balaban J connectivity index is 1.39. The molecule has 0 N–H and O–H groups in total. The van der Waals surface area contributed by atoms with E-state index in [2.05, 4.69) is 20.8 Å². The van der Waals surface area contributed by atoms with E-state index in [1.165, 1.54) is 64.2 Å². The minimum absolute atomic E-state index is 0.605. The lowest BCUT2D eigenvalue weighted by Gasteiger charge is -2.61. The van der Waals surface area contributed by atoms with Crippen molar-refractivity contribution in [3.8, 4) is 0 Å². The lowest BCUT2D eigenvalue weighted by molar-refractivity contribution is -0.114. The van der Waals surface area contributed by atoms with Crippen molar-refractivity contribution in [2.24, 2.45) is 46.3 Å². The van der Waals surface area contributed by atoms with Gasteiger partial charge >= 0.3 is 0 Å². The molecule has 1 nitrogen and oxygen atoms in total. The van der Waals surface area contributed by atoms with Crippen molar-refractivity contribution in [1.29, 1.82) is 0 Å². The maximum atomic E-state index is 5.66. The molecule has 0 aliphatic heterocycles. The first-order chi connectivity index (χ1) is 13.9. The third-order valence-electron chi connectivity index (χ3n) is 10.5. The van der Waals surface area contributed by atoms with E-state index < -0.39 is 0 Å². The molecule has 3 heteroatoms.